The van der Waals surface area contributed by atoms with Gasteiger partial charge in [-0.3, -0.25) is 4.79 Å². The van der Waals surface area contributed by atoms with Crippen molar-refractivity contribution in [3.63, 3.8) is 0 Å². The van der Waals surface area contributed by atoms with Gasteiger partial charge < -0.3 is 15.0 Å². The van der Waals surface area contributed by atoms with Gasteiger partial charge in [0.15, 0.2) is 0 Å². The molecule has 18 heavy (non-hydrogen) atoms. The first-order valence-electron chi connectivity index (χ1n) is 6.21. The second-order valence-corrected chi connectivity index (χ2v) is 3.83. The maximum Gasteiger partial charge on any atom is 0.254 e. The molecule has 0 aliphatic carbocycles. The van der Waals surface area contributed by atoms with Crippen molar-refractivity contribution < 1.29 is 9.53 Å². The monoisotopic (exact) mass is 251 g/mol. The molecule has 0 bridgehead atoms. The van der Waals surface area contributed by atoms with Crippen molar-refractivity contribution in [2.75, 3.05) is 38.7 Å². The normalized spacial score (nSPS) is 10.2. The third-order valence-electron chi connectivity index (χ3n) is 2.67. The lowest BCUT2D eigenvalue weighted by atomic mass is 10.2. The van der Waals surface area contributed by atoms with E-state index in [2.05, 4.69) is 10.3 Å². The van der Waals surface area contributed by atoms with Gasteiger partial charge in [0.2, 0.25) is 0 Å². The Morgan fingerprint density at radius 3 is 2.78 bits per heavy atom. The number of pyridine rings is 1. The number of carbonyl (C=O) groups excluding carboxylic acids is 1. The van der Waals surface area contributed by atoms with E-state index in [-0.39, 0.29) is 5.91 Å². The fourth-order valence-electron chi connectivity index (χ4n) is 1.63. The van der Waals surface area contributed by atoms with E-state index in [1.165, 1.54) is 0 Å². The van der Waals surface area contributed by atoms with Gasteiger partial charge in [-0.1, -0.05) is 0 Å². The highest BCUT2D eigenvalue weighted by molar-refractivity contribution is 5.94. The summed E-state index contributed by atoms with van der Waals surface area (Å²) in [7, 11) is 1.65. The van der Waals surface area contributed by atoms with Crippen molar-refractivity contribution in [3.05, 3.63) is 23.9 Å². The third-order valence-corrected chi connectivity index (χ3v) is 2.67. The molecule has 5 heteroatoms. The molecular formula is C13H21N3O2. The molecule has 1 aromatic rings. The van der Waals surface area contributed by atoms with Crippen LogP contribution in [0.2, 0.25) is 0 Å². The number of anilines is 1. The molecule has 0 aliphatic rings. The van der Waals surface area contributed by atoms with Gasteiger partial charge in [-0.25, -0.2) is 4.98 Å². The molecule has 0 spiro atoms. The molecule has 100 valence electrons. The van der Waals surface area contributed by atoms with E-state index in [0.717, 1.165) is 0 Å². The summed E-state index contributed by atoms with van der Waals surface area (Å²) >= 11 is 0. The van der Waals surface area contributed by atoms with Gasteiger partial charge in [0.1, 0.15) is 5.82 Å². The second-order valence-electron chi connectivity index (χ2n) is 3.83. The van der Waals surface area contributed by atoms with Gasteiger partial charge in [0.25, 0.3) is 5.91 Å². The first-order chi connectivity index (χ1) is 8.72. The van der Waals surface area contributed by atoms with Crippen LogP contribution in [0.1, 0.15) is 24.2 Å². The number of carbonyl (C=O) groups is 1. The number of rotatable bonds is 7. The number of nitrogens with zero attached hydrogens (tertiary/aromatic N) is 2. The van der Waals surface area contributed by atoms with Crippen LogP contribution in [0.25, 0.3) is 0 Å². The average Bonchev–Trinajstić information content (AvgIpc) is 2.41. The minimum Gasteiger partial charge on any atom is -0.383 e. The van der Waals surface area contributed by atoms with Crippen LogP contribution >= 0.6 is 0 Å². The molecule has 0 unspecified atom stereocenters. The fraction of sp³-hybridized carbons (Fsp3) is 0.538. The summed E-state index contributed by atoms with van der Waals surface area (Å²) in [5.74, 6) is 0.738. The molecule has 1 heterocycles. The van der Waals surface area contributed by atoms with Crippen molar-refractivity contribution in [3.8, 4) is 0 Å². The zero-order valence-corrected chi connectivity index (χ0v) is 11.3. The van der Waals surface area contributed by atoms with Crippen molar-refractivity contribution in [2.24, 2.45) is 0 Å². The van der Waals surface area contributed by atoms with Crippen molar-refractivity contribution in [1.82, 2.24) is 9.88 Å². The lowest BCUT2D eigenvalue weighted by Crippen LogP contribution is -2.30. The standard InChI is InChI=1S/C13H21N3O2/c1-4-16(5-2)13(17)11-6-7-14-12(10-11)15-8-9-18-3/h6-7,10H,4-5,8-9H2,1-3H3,(H,14,15). The quantitative estimate of drug-likeness (QED) is 0.748. The number of hydrogen-bond donors (Lipinski definition) is 1. The third kappa shape index (κ3) is 4.00. The van der Waals surface area contributed by atoms with Crippen LogP contribution in [0, 0.1) is 0 Å². The molecule has 1 N–H and O–H groups in total. The van der Waals surface area contributed by atoms with E-state index in [9.17, 15) is 4.79 Å². The topological polar surface area (TPSA) is 54.5 Å². The van der Waals surface area contributed by atoms with Gasteiger partial charge in [0.05, 0.1) is 6.61 Å². The molecule has 1 amide bonds. The summed E-state index contributed by atoms with van der Waals surface area (Å²) in [6.07, 6.45) is 1.64. The van der Waals surface area contributed by atoms with E-state index < -0.39 is 0 Å². The molecular weight excluding hydrogens is 230 g/mol. The molecule has 5 nitrogen and oxygen atoms in total. The SMILES string of the molecule is CCN(CC)C(=O)c1ccnc(NCCOC)c1. The molecule has 0 fully saturated rings. The van der Waals surface area contributed by atoms with Gasteiger partial charge in [-0.2, -0.15) is 0 Å². The Kier molecular flexibility index (Phi) is 6.14. The lowest BCUT2D eigenvalue weighted by molar-refractivity contribution is 0.0773. The highest BCUT2D eigenvalue weighted by Crippen LogP contribution is 2.09. The van der Waals surface area contributed by atoms with Gasteiger partial charge >= 0.3 is 0 Å². The lowest BCUT2D eigenvalue weighted by Gasteiger charge is -2.18. The zero-order chi connectivity index (χ0) is 13.4. The van der Waals surface area contributed by atoms with Crippen LogP contribution in [0.4, 0.5) is 5.82 Å². The second kappa shape index (κ2) is 7.66. The summed E-state index contributed by atoms with van der Waals surface area (Å²) in [6, 6.07) is 3.51. The maximum absolute atomic E-state index is 12.1. The van der Waals surface area contributed by atoms with Crippen molar-refractivity contribution >= 4 is 11.7 Å². The zero-order valence-electron chi connectivity index (χ0n) is 11.3. The highest BCUT2D eigenvalue weighted by atomic mass is 16.5. The minimum atomic E-state index is 0.0391. The molecule has 0 saturated carbocycles. The molecule has 0 aromatic carbocycles. The van der Waals surface area contributed by atoms with E-state index >= 15 is 0 Å². The summed E-state index contributed by atoms with van der Waals surface area (Å²) < 4.78 is 4.95. The molecule has 0 saturated heterocycles. The first-order valence-corrected chi connectivity index (χ1v) is 6.21. The van der Waals surface area contributed by atoms with Crippen LogP contribution in [0.5, 0.6) is 0 Å². The predicted molar refractivity (Wildman–Crippen MR) is 71.9 cm³/mol. The smallest absolute Gasteiger partial charge is 0.254 e. The summed E-state index contributed by atoms with van der Waals surface area (Å²) in [4.78, 5) is 18.1. The van der Waals surface area contributed by atoms with Crippen LogP contribution in [-0.4, -0.2) is 49.1 Å². The Bertz CT molecular complexity index is 378. The molecule has 1 aromatic heterocycles. The number of ether oxygens (including phenoxy) is 1. The molecule has 0 atom stereocenters. The van der Waals surface area contributed by atoms with E-state index in [0.29, 0.717) is 37.6 Å². The van der Waals surface area contributed by atoms with E-state index in [4.69, 9.17) is 4.74 Å². The molecule has 1 rings (SSSR count). The Labute approximate surface area is 108 Å². The Balaban J connectivity index is 2.71. The fourth-order valence-corrected chi connectivity index (χ4v) is 1.63. The summed E-state index contributed by atoms with van der Waals surface area (Å²) in [6.45, 7) is 6.65. The van der Waals surface area contributed by atoms with Crippen LogP contribution in [0.15, 0.2) is 18.3 Å². The molecule has 0 radical (unpaired) electrons. The Morgan fingerprint density at radius 1 is 1.44 bits per heavy atom. The van der Waals surface area contributed by atoms with E-state index in [1.807, 2.05) is 13.8 Å². The van der Waals surface area contributed by atoms with Gasteiger partial charge in [-0.15, -0.1) is 0 Å². The Hall–Kier alpha value is -1.62. The van der Waals surface area contributed by atoms with Gasteiger partial charge in [-0.05, 0) is 26.0 Å². The average molecular weight is 251 g/mol. The van der Waals surface area contributed by atoms with Crippen molar-refractivity contribution in [1.29, 1.82) is 0 Å². The summed E-state index contributed by atoms with van der Waals surface area (Å²) in [5, 5.41) is 3.11. The van der Waals surface area contributed by atoms with Gasteiger partial charge in [0, 0.05) is 38.5 Å². The summed E-state index contributed by atoms with van der Waals surface area (Å²) in [5.41, 5.74) is 0.661. The van der Waals surface area contributed by atoms with Crippen molar-refractivity contribution in [2.45, 2.75) is 13.8 Å². The van der Waals surface area contributed by atoms with E-state index in [1.54, 1.807) is 30.3 Å². The van der Waals surface area contributed by atoms with Crippen LogP contribution in [0.3, 0.4) is 0 Å². The number of nitrogens with one attached hydrogen (secondary N) is 1. The number of aromatic nitrogens is 1. The number of hydrogen-bond acceptors (Lipinski definition) is 4. The largest absolute Gasteiger partial charge is 0.383 e. The number of amides is 1. The van der Waals surface area contributed by atoms with Crippen LogP contribution < -0.4 is 5.32 Å². The molecule has 0 aliphatic heterocycles. The Morgan fingerprint density at radius 2 is 2.17 bits per heavy atom. The predicted octanol–water partition coefficient (Wildman–Crippen LogP) is 1.62. The number of methoxy groups -OCH3 is 1. The maximum atomic E-state index is 12.1. The minimum absolute atomic E-state index is 0.0391. The van der Waals surface area contributed by atoms with Crippen LogP contribution in [-0.2, 0) is 4.74 Å². The highest BCUT2D eigenvalue weighted by Gasteiger charge is 2.12. The first kappa shape index (κ1) is 14.4.